The van der Waals surface area contributed by atoms with Crippen LogP contribution in [0.1, 0.15) is 38.2 Å². The monoisotopic (exact) mass is 434 g/mol. The van der Waals surface area contributed by atoms with Gasteiger partial charge in [0.05, 0.1) is 11.8 Å². The van der Waals surface area contributed by atoms with Gasteiger partial charge in [0, 0.05) is 32.1 Å². The van der Waals surface area contributed by atoms with Crippen molar-refractivity contribution in [2.75, 3.05) is 23.4 Å². The lowest BCUT2D eigenvalue weighted by molar-refractivity contribution is -0.119. The van der Waals surface area contributed by atoms with Crippen LogP contribution in [0.5, 0.6) is 5.75 Å². The maximum Gasteiger partial charge on any atom is 0.249 e. The van der Waals surface area contributed by atoms with Crippen LogP contribution < -0.4 is 14.5 Å². The average Bonchev–Trinajstić information content (AvgIpc) is 2.69. The number of amides is 1. The van der Waals surface area contributed by atoms with E-state index in [0.717, 1.165) is 29.3 Å². The van der Waals surface area contributed by atoms with E-state index in [9.17, 15) is 18.0 Å². The SMILES string of the molecule is CCN1C(=O)[C@H](C)N(C)c2nc(CC3CC(Oc4cc(F)c(F)c(F)c4)C3)nc(C)c21. The molecule has 1 aliphatic carbocycles. The van der Waals surface area contributed by atoms with Crippen molar-refractivity contribution in [3.8, 4) is 5.75 Å². The first-order valence-electron chi connectivity index (χ1n) is 10.4. The van der Waals surface area contributed by atoms with Crippen LogP contribution in [0, 0.1) is 30.3 Å². The normalized spacial score (nSPS) is 22.9. The number of rotatable bonds is 5. The molecule has 0 bridgehead atoms. The number of anilines is 2. The zero-order valence-electron chi connectivity index (χ0n) is 18.0. The molecule has 9 heteroatoms. The minimum absolute atomic E-state index is 0.0133. The first-order valence-corrected chi connectivity index (χ1v) is 10.4. The largest absolute Gasteiger partial charge is 0.490 e. The third kappa shape index (κ3) is 3.81. The van der Waals surface area contributed by atoms with Gasteiger partial charge in [0.2, 0.25) is 5.91 Å². The van der Waals surface area contributed by atoms with Crippen molar-refractivity contribution in [3.63, 3.8) is 0 Å². The summed E-state index contributed by atoms with van der Waals surface area (Å²) in [6.07, 6.45) is 1.82. The van der Waals surface area contributed by atoms with Crippen LogP contribution in [0.3, 0.4) is 0 Å². The molecule has 1 atom stereocenters. The number of benzene rings is 1. The lowest BCUT2D eigenvalue weighted by atomic mass is 9.80. The average molecular weight is 434 g/mol. The van der Waals surface area contributed by atoms with E-state index in [-0.39, 0.29) is 29.7 Å². The molecule has 0 saturated heterocycles. The van der Waals surface area contributed by atoms with E-state index in [1.165, 1.54) is 0 Å². The highest BCUT2D eigenvalue weighted by molar-refractivity contribution is 6.04. The molecule has 0 radical (unpaired) electrons. The molecule has 1 saturated carbocycles. The Morgan fingerprint density at radius 2 is 1.81 bits per heavy atom. The molecule has 1 aromatic heterocycles. The van der Waals surface area contributed by atoms with Gasteiger partial charge in [-0.15, -0.1) is 0 Å². The molecule has 1 amide bonds. The van der Waals surface area contributed by atoms with E-state index in [2.05, 4.69) is 4.98 Å². The summed E-state index contributed by atoms with van der Waals surface area (Å²) in [7, 11) is 1.86. The summed E-state index contributed by atoms with van der Waals surface area (Å²) in [5.41, 5.74) is 1.52. The number of ether oxygens (including phenoxy) is 1. The molecular formula is C22H25F3N4O2. The van der Waals surface area contributed by atoms with E-state index in [4.69, 9.17) is 9.72 Å². The Balaban J connectivity index is 1.44. The van der Waals surface area contributed by atoms with Gasteiger partial charge in [-0.3, -0.25) is 4.79 Å². The number of aryl methyl sites for hydroxylation is 1. The van der Waals surface area contributed by atoms with Gasteiger partial charge in [-0.05, 0) is 39.5 Å². The Bertz CT molecular complexity index is 1000. The van der Waals surface area contributed by atoms with Crippen LogP contribution in [-0.4, -0.2) is 41.6 Å². The first-order chi connectivity index (χ1) is 14.7. The molecule has 2 aromatic rings. The highest BCUT2D eigenvalue weighted by Gasteiger charge is 2.37. The van der Waals surface area contributed by atoms with Crippen LogP contribution in [-0.2, 0) is 11.2 Å². The van der Waals surface area contributed by atoms with Crippen molar-refractivity contribution in [1.82, 2.24) is 9.97 Å². The zero-order valence-corrected chi connectivity index (χ0v) is 18.0. The van der Waals surface area contributed by atoms with Crippen molar-refractivity contribution >= 4 is 17.4 Å². The number of carbonyl (C=O) groups excluding carboxylic acids is 1. The second-order valence-corrected chi connectivity index (χ2v) is 8.25. The maximum atomic E-state index is 13.3. The summed E-state index contributed by atoms with van der Waals surface area (Å²) in [5, 5.41) is 0. The summed E-state index contributed by atoms with van der Waals surface area (Å²) in [4.78, 5) is 25.6. The van der Waals surface area contributed by atoms with Gasteiger partial charge in [0.1, 0.15) is 23.3 Å². The lowest BCUT2D eigenvalue weighted by Gasteiger charge is -2.39. The zero-order chi connectivity index (χ0) is 22.4. The number of halogens is 3. The summed E-state index contributed by atoms with van der Waals surface area (Å²) in [6, 6.07) is 1.42. The van der Waals surface area contributed by atoms with E-state index in [1.807, 2.05) is 32.7 Å². The van der Waals surface area contributed by atoms with Crippen molar-refractivity contribution in [2.45, 2.75) is 52.2 Å². The third-order valence-corrected chi connectivity index (χ3v) is 6.13. The smallest absolute Gasteiger partial charge is 0.249 e. The standard InChI is InChI=1S/C22H25F3N4O2/c1-5-29-20-11(2)26-18(27-21(20)28(4)12(3)22(29)30)8-13-6-14(7-13)31-15-9-16(23)19(25)17(24)10-15/h9-10,12-14H,5-8H2,1-4H3/t12-,13?,14?/m0/s1. The molecule has 166 valence electrons. The van der Waals surface area contributed by atoms with Gasteiger partial charge in [0.25, 0.3) is 0 Å². The fourth-order valence-electron chi connectivity index (χ4n) is 4.25. The van der Waals surface area contributed by atoms with Gasteiger partial charge in [-0.2, -0.15) is 0 Å². The summed E-state index contributed by atoms with van der Waals surface area (Å²) < 4.78 is 45.4. The van der Waals surface area contributed by atoms with Crippen LogP contribution in [0.15, 0.2) is 12.1 Å². The molecule has 0 N–H and O–H groups in total. The molecule has 31 heavy (non-hydrogen) atoms. The Kier molecular flexibility index (Phi) is 5.53. The maximum absolute atomic E-state index is 13.3. The number of nitrogens with zero attached hydrogens (tertiary/aromatic N) is 4. The van der Waals surface area contributed by atoms with Crippen LogP contribution in [0.25, 0.3) is 0 Å². The summed E-state index contributed by atoms with van der Waals surface area (Å²) in [6.45, 7) is 6.23. The highest BCUT2D eigenvalue weighted by atomic mass is 19.2. The number of carbonyl (C=O) groups is 1. The second-order valence-electron chi connectivity index (χ2n) is 8.25. The van der Waals surface area contributed by atoms with Crippen LogP contribution in [0.4, 0.5) is 24.7 Å². The lowest BCUT2D eigenvalue weighted by Crippen LogP contribution is -2.51. The number of hydrogen-bond acceptors (Lipinski definition) is 5. The van der Waals surface area contributed by atoms with Crippen LogP contribution >= 0.6 is 0 Å². The van der Waals surface area contributed by atoms with E-state index in [0.29, 0.717) is 31.6 Å². The van der Waals surface area contributed by atoms with Gasteiger partial charge in [-0.25, -0.2) is 23.1 Å². The summed E-state index contributed by atoms with van der Waals surface area (Å²) >= 11 is 0. The molecule has 6 nitrogen and oxygen atoms in total. The molecule has 4 rings (SSSR count). The number of hydrogen-bond donors (Lipinski definition) is 0. The second kappa shape index (κ2) is 8.01. The fourth-order valence-corrected chi connectivity index (χ4v) is 4.25. The number of aromatic nitrogens is 2. The Hall–Kier alpha value is -2.84. The predicted molar refractivity (Wildman–Crippen MR) is 110 cm³/mol. The topological polar surface area (TPSA) is 58.6 Å². The molecule has 0 unspecified atom stereocenters. The van der Waals surface area contributed by atoms with Gasteiger partial charge < -0.3 is 14.5 Å². The summed E-state index contributed by atoms with van der Waals surface area (Å²) in [5.74, 6) is -2.29. The van der Waals surface area contributed by atoms with E-state index >= 15 is 0 Å². The highest BCUT2D eigenvalue weighted by Crippen LogP contribution is 2.38. The fraction of sp³-hybridized carbons (Fsp3) is 0.500. The molecule has 1 aromatic carbocycles. The van der Waals surface area contributed by atoms with Gasteiger partial charge >= 0.3 is 0 Å². The van der Waals surface area contributed by atoms with Crippen LogP contribution in [0.2, 0.25) is 0 Å². The van der Waals surface area contributed by atoms with Crippen molar-refractivity contribution in [3.05, 3.63) is 41.1 Å². The minimum Gasteiger partial charge on any atom is -0.490 e. The molecule has 1 aliphatic heterocycles. The van der Waals surface area contributed by atoms with Crippen molar-refractivity contribution in [2.24, 2.45) is 5.92 Å². The van der Waals surface area contributed by atoms with E-state index in [1.54, 1.807) is 4.90 Å². The number of likely N-dealkylation sites (N-methyl/N-ethyl adjacent to an activating group) is 2. The predicted octanol–water partition coefficient (Wildman–Crippen LogP) is 3.79. The molecule has 1 fully saturated rings. The Labute approximate surface area is 179 Å². The minimum atomic E-state index is -1.50. The Morgan fingerprint density at radius 3 is 2.42 bits per heavy atom. The van der Waals surface area contributed by atoms with E-state index < -0.39 is 17.5 Å². The first kappa shape index (κ1) is 21.4. The molecule has 0 spiro atoms. The van der Waals surface area contributed by atoms with Gasteiger partial charge in [0.15, 0.2) is 23.3 Å². The third-order valence-electron chi connectivity index (χ3n) is 6.13. The van der Waals surface area contributed by atoms with Crippen molar-refractivity contribution < 1.29 is 22.7 Å². The Morgan fingerprint density at radius 1 is 1.16 bits per heavy atom. The van der Waals surface area contributed by atoms with Crippen molar-refractivity contribution in [1.29, 1.82) is 0 Å². The van der Waals surface area contributed by atoms with Gasteiger partial charge in [-0.1, -0.05) is 0 Å². The number of fused-ring (bicyclic) bond motifs is 1. The molecular weight excluding hydrogens is 409 g/mol. The molecule has 2 heterocycles. The molecule has 2 aliphatic rings. The quantitative estimate of drug-likeness (QED) is 0.670.